The van der Waals surface area contributed by atoms with Gasteiger partial charge in [0, 0.05) is 0 Å². The SMILES string of the molecule is CC(C)COc1cccc(C23CCC(CCC4CC4)(CC2)CO3)c1. The third kappa shape index (κ3) is 3.35. The molecule has 0 N–H and O–H groups in total. The molecule has 132 valence electrons. The Morgan fingerprint density at radius 3 is 2.58 bits per heavy atom. The third-order valence-electron chi connectivity index (χ3n) is 6.50. The molecule has 0 amide bonds. The summed E-state index contributed by atoms with van der Waals surface area (Å²) in [5.41, 5.74) is 1.79. The second-order valence-electron chi connectivity index (χ2n) is 9.00. The van der Waals surface area contributed by atoms with Gasteiger partial charge in [-0.25, -0.2) is 0 Å². The largest absolute Gasteiger partial charge is 0.493 e. The standard InChI is InChI=1S/C22H32O2/c1-17(2)15-23-20-5-3-4-19(14-20)22-12-10-21(11-13-22,16-24-22)9-8-18-6-7-18/h3-5,14,17-18H,6-13,15-16H2,1-2H3. The van der Waals surface area contributed by atoms with E-state index in [1.807, 2.05) is 0 Å². The maximum Gasteiger partial charge on any atom is 0.119 e. The van der Waals surface area contributed by atoms with Crippen molar-refractivity contribution in [1.29, 1.82) is 0 Å². The van der Waals surface area contributed by atoms with E-state index in [9.17, 15) is 0 Å². The summed E-state index contributed by atoms with van der Waals surface area (Å²) in [7, 11) is 0. The lowest BCUT2D eigenvalue weighted by Crippen LogP contribution is -2.49. The molecule has 2 heteroatoms. The fourth-order valence-electron chi connectivity index (χ4n) is 4.51. The number of benzene rings is 1. The van der Waals surface area contributed by atoms with Gasteiger partial charge in [-0.1, -0.05) is 38.8 Å². The fraction of sp³-hybridized carbons (Fsp3) is 0.727. The highest BCUT2D eigenvalue weighted by Gasteiger charge is 2.50. The highest BCUT2D eigenvalue weighted by atomic mass is 16.5. The van der Waals surface area contributed by atoms with Gasteiger partial charge >= 0.3 is 0 Å². The molecule has 0 atom stereocenters. The monoisotopic (exact) mass is 328 g/mol. The molecule has 2 aliphatic heterocycles. The zero-order chi connectivity index (χ0) is 16.6. The van der Waals surface area contributed by atoms with Crippen molar-refractivity contribution < 1.29 is 9.47 Å². The minimum Gasteiger partial charge on any atom is -0.493 e. The van der Waals surface area contributed by atoms with Crippen molar-refractivity contribution in [2.75, 3.05) is 13.2 Å². The van der Waals surface area contributed by atoms with Gasteiger partial charge in [0.15, 0.2) is 0 Å². The van der Waals surface area contributed by atoms with Crippen LogP contribution in [0, 0.1) is 17.3 Å². The van der Waals surface area contributed by atoms with E-state index in [1.54, 1.807) is 0 Å². The van der Waals surface area contributed by atoms with Crippen LogP contribution in [0.1, 0.15) is 70.8 Å². The van der Waals surface area contributed by atoms with Crippen LogP contribution < -0.4 is 4.74 Å². The third-order valence-corrected chi connectivity index (χ3v) is 6.50. The summed E-state index contributed by atoms with van der Waals surface area (Å²) < 4.78 is 12.5. The molecule has 2 bridgehead atoms. The van der Waals surface area contributed by atoms with E-state index in [0.29, 0.717) is 11.3 Å². The highest BCUT2D eigenvalue weighted by molar-refractivity contribution is 5.33. The van der Waals surface area contributed by atoms with Crippen LogP contribution in [-0.4, -0.2) is 13.2 Å². The quantitative estimate of drug-likeness (QED) is 0.639. The van der Waals surface area contributed by atoms with Crippen molar-refractivity contribution >= 4 is 0 Å². The molecular weight excluding hydrogens is 296 g/mol. The zero-order valence-electron chi connectivity index (χ0n) is 15.4. The Morgan fingerprint density at radius 2 is 1.96 bits per heavy atom. The van der Waals surface area contributed by atoms with Crippen LogP contribution in [0.25, 0.3) is 0 Å². The molecule has 2 aliphatic carbocycles. The van der Waals surface area contributed by atoms with Crippen LogP contribution in [0.2, 0.25) is 0 Å². The molecule has 0 radical (unpaired) electrons. The van der Waals surface area contributed by atoms with Gasteiger partial charge in [0.1, 0.15) is 5.75 Å². The molecule has 2 nitrogen and oxygen atoms in total. The van der Waals surface area contributed by atoms with E-state index in [0.717, 1.165) is 24.9 Å². The van der Waals surface area contributed by atoms with E-state index in [4.69, 9.17) is 9.47 Å². The van der Waals surface area contributed by atoms with Crippen molar-refractivity contribution in [2.24, 2.45) is 17.3 Å². The first-order valence-corrected chi connectivity index (χ1v) is 9.97. The Hall–Kier alpha value is -1.02. The summed E-state index contributed by atoms with van der Waals surface area (Å²) in [5.74, 6) is 2.60. The molecule has 4 aliphatic rings. The molecule has 2 saturated heterocycles. The Morgan fingerprint density at radius 1 is 1.17 bits per heavy atom. The van der Waals surface area contributed by atoms with Gasteiger partial charge in [0.05, 0.1) is 18.8 Å². The number of fused-ring (bicyclic) bond motifs is 3. The summed E-state index contributed by atoms with van der Waals surface area (Å²) in [6, 6.07) is 8.68. The molecule has 24 heavy (non-hydrogen) atoms. The lowest BCUT2D eigenvalue weighted by molar-refractivity contribution is -0.192. The Kier molecular flexibility index (Phi) is 4.36. The Labute approximate surface area is 146 Å². The number of hydrogen-bond donors (Lipinski definition) is 0. The molecular formula is C22H32O2. The molecule has 5 rings (SSSR count). The molecule has 4 fully saturated rings. The first kappa shape index (κ1) is 16.4. The topological polar surface area (TPSA) is 18.5 Å². The minimum atomic E-state index is -0.0431. The van der Waals surface area contributed by atoms with Crippen molar-refractivity contribution in [1.82, 2.24) is 0 Å². The molecule has 2 heterocycles. The second kappa shape index (κ2) is 6.37. The fourth-order valence-corrected chi connectivity index (χ4v) is 4.51. The van der Waals surface area contributed by atoms with Crippen LogP contribution in [-0.2, 0) is 10.3 Å². The predicted molar refractivity (Wildman–Crippen MR) is 97.3 cm³/mol. The molecule has 2 saturated carbocycles. The number of ether oxygens (including phenoxy) is 2. The second-order valence-corrected chi connectivity index (χ2v) is 9.00. The lowest BCUT2D eigenvalue weighted by Gasteiger charge is -2.53. The van der Waals surface area contributed by atoms with Crippen molar-refractivity contribution in [3.63, 3.8) is 0 Å². The van der Waals surface area contributed by atoms with Gasteiger partial charge in [-0.3, -0.25) is 0 Å². The van der Waals surface area contributed by atoms with Crippen molar-refractivity contribution in [3.8, 4) is 5.75 Å². The summed E-state index contributed by atoms with van der Waals surface area (Å²) in [6.45, 7) is 6.13. The highest BCUT2D eigenvalue weighted by Crippen LogP contribution is 2.56. The van der Waals surface area contributed by atoms with Gasteiger partial charge in [0.25, 0.3) is 0 Å². The van der Waals surface area contributed by atoms with Crippen LogP contribution in [0.15, 0.2) is 24.3 Å². The van der Waals surface area contributed by atoms with Gasteiger partial charge in [0.2, 0.25) is 0 Å². The summed E-state index contributed by atoms with van der Waals surface area (Å²) in [6.07, 6.45) is 10.8. The first-order chi connectivity index (χ1) is 11.6. The van der Waals surface area contributed by atoms with Crippen LogP contribution in [0.5, 0.6) is 5.75 Å². The van der Waals surface area contributed by atoms with Crippen molar-refractivity contribution in [3.05, 3.63) is 29.8 Å². The average molecular weight is 328 g/mol. The first-order valence-electron chi connectivity index (χ1n) is 9.97. The Bertz CT molecular complexity index is 549. The molecule has 1 aromatic carbocycles. The Balaban J connectivity index is 1.43. The smallest absolute Gasteiger partial charge is 0.119 e. The van der Waals surface area contributed by atoms with Crippen molar-refractivity contribution in [2.45, 2.75) is 70.8 Å². The van der Waals surface area contributed by atoms with E-state index in [-0.39, 0.29) is 5.60 Å². The van der Waals surface area contributed by atoms with Gasteiger partial charge in [-0.2, -0.15) is 0 Å². The number of hydrogen-bond acceptors (Lipinski definition) is 2. The number of rotatable bonds is 7. The van der Waals surface area contributed by atoms with Crippen LogP contribution in [0.4, 0.5) is 0 Å². The van der Waals surface area contributed by atoms with Crippen LogP contribution >= 0.6 is 0 Å². The van der Waals surface area contributed by atoms with E-state index < -0.39 is 0 Å². The summed E-state index contributed by atoms with van der Waals surface area (Å²) in [4.78, 5) is 0. The summed E-state index contributed by atoms with van der Waals surface area (Å²) in [5, 5.41) is 0. The minimum absolute atomic E-state index is 0.0431. The summed E-state index contributed by atoms with van der Waals surface area (Å²) >= 11 is 0. The maximum absolute atomic E-state index is 6.53. The molecule has 0 unspecified atom stereocenters. The van der Waals surface area contributed by atoms with Crippen LogP contribution in [0.3, 0.4) is 0 Å². The maximum atomic E-state index is 6.53. The molecule has 0 aromatic heterocycles. The molecule has 1 aromatic rings. The van der Waals surface area contributed by atoms with Gasteiger partial charge in [-0.05, 0) is 73.5 Å². The predicted octanol–water partition coefficient (Wildman–Crippen LogP) is 5.70. The lowest BCUT2D eigenvalue weighted by atomic mass is 9.62. The van der Waals surface area contributed by atoms with E-state index >= 15 is 0 Å². The van der Waals surface area contributed by atoms with Gasteiger partial charge < -0.3 is 9.47 Å². The molecule has 0 spiro atoms. The van der Waals surface area contributed by atoms with E-state index in [2.05, 4.69) is 38.1 Å². The van der Waals surface area contributed by atoms with E-state index in [1.165, 1.54) is 56.9 Å². The average Bonchev–Trinajstić information content (AvgIpc) is 3.45. The zero-order valence-corrected chi connectivity index (χ0v) is 15.4. The normalized spacial score (nSPS) is 32.3. The van der Waals surface area contributed by atoms with Gasteiger partial charge in [-0.15, -0.1) is 0 Å².